The fourth-order valence-corrected chi connectivity index (χ4v) is 4.53. The van der Waals surface area contributed by atoms with Gasteiger partial charge in [0.15, 0.2) is 5.13 Å². The van der Waals surface area contributed by atoms with Gasteiger partial charge < -0.3 is 4.74 Å². The lowest BCUT2D eigenvalue weighted by Crippen LogP contribution is -2.43. The lowest BCUT2D eigenvalue weighted by atomic mass is 9.64. The van der Waals surface area contributed by atoms with Crippen LogP contribution in [0.5, 0.6) is 0 Å². The first-order chi connectivity index (χ1) is 14.5. The van der Waals surface area contributed by atoms with Crippen LogP contribution in [0.2, 0.25) is 0 Å². The molecule has 0 radical (unpaired) electrons. The van der Waals surface area contributed by atoms with Gasteiger partial charge in [0, 0.05) is 12.3 Å². The van der Waals surface area contributed by atoms with Gasteiger partial charge >= 0.3 is 5.97 Å². The molecular weight excluding hydrogens is 403 g/mol. The highest BCUT2D eigenvalue weighted by Gasteiger charge is 2.47. The highest BCUT2D eigenvalue weighted by atomic mass is 32.1. The summed E-state index contributed by atoms with van der Waals surface area (Å²) in [5.74, 6) is -0.796. The number of hydrogen-bond donors (Lipinski definition) is 0. The number of thiazole rings is 1. The molecule has 1 heterocycles. The number of carbonyl (C=O) groups excluding carboxylic acids is 2. The molecule has 0 unspecified atom stereocenters. The van der Waals surface area contributed by atoms with Crippen LogP contribution in [0.15, 0.2) is 60.0 Å². The summed E-state index contributed by atoms with van der Waals surface area (Å²) in [6.07, 6.45) is 2.30. The highest BCUT2D eigenvalue weighted by Crippen LogP contribution is 2.45. The van der Waals surface area contributed by atoms with Crippen molar-refractivity contribution in [1.29, 1.82) is 0 Å². The summed E-state index contributed by atoms with van der Waals surface area (Å²) in [5.41, 5.74) is 1.39. The number of aromatic nitrogens is 1. The van der Waals surface area contributed by atoms with Crippen LogP contribution in [-0.2, 0) is 26.3 Å². The Kier molecular flexibility index (Phi) is 5.63. The second-order valence-electron chi connectivity index (χ2n) is 7.33. The van der Waals surface area contributed by atoms with Crippen LogP contribution in [-0.4, -0.2) is 16.9 Å². The van der Waals surface area contributed by atoms with Crippen molar-refractivity contribution in [2.75, 3.05) is 4.90 Å². The van der Waals surface area contributed by atoms with Crippen molar-refractivity contribution in [2.45, 2.75) is 38.2 Å². The molecule has 0 saturated heterocycles. The number of esters is 1. The Morgan fingerprint density at radius 2 is 1.83 bits per heavy atom. The summed E-state index contributed by atoms with van der Waals surface area (Å²) < 4.78 is 18.9. The van der Waals surface area contributed by atoms with Crippen molar-refractivity contribution in [3.05, 3.63) is 77.1 Å². The molecule has 1 aliphatic carbocycles. The average Bonchev–Trinajstić information content (AvgIpc) is 3.16. The standard InChI is InChI=1S/C23H21FN2O3S/c1-16(27)26(20-6-3-2-4-7-20)22-25-19(15-30-22)14-29-21(28)23(12-5-13-23)17-8-10-18(24)11-9-17/h2-4,6-11,15H,5,12-14H2,1H3. The summed E-state index contributed by atoms with van der Waals surface area (Å²) in [6.45, 7) is 1.51. The van der Waals surface area contributed by atoms with E-state index >= 15 is 0 Å². The largest absolute Gasteiger partial charge is 0.458 e. The van der Waals surface area contributed by atoms with Gasteiger partial charge in [0.25, 0.3) is 0 Å². The van der Waals surface area contributed by atoms with Crippen LogP contribution in [0.3, 0.4) is 0 Å². The van der Waals surface area contributed by atoms with Gasteiger partial charge in [-0.15, -0.1) is 11.3 Å². The first-order valence-corrected chi connectivity index (χ1v) is 10.6. The maximum absolute atomic E-state index is 13.3. The number of amides is 1. The Morgan fingerprint density at radius 3 is 2.43 bits per heavy atom. The van der Waals surface area contributed by atoms with Crippen LogP contribution >= 0.6 is 11.3 Å². The number of anilines is 2. The zero-order valence-corrected chi connectivity index (χ0v) is 17.3. The normalized spacial score (nSPS) is 14.6. The van der Waals surface area contributed by atoms with Crippen LogP contribution in [0.25, 0.3) is 0 Å². The van der Waals surface area contributed by atoms with Gasteiger partial charge in [-0.25, -0.2) is 9.37 Å². The molecule has 0 aliphatic heterocycles. The number of benzene rings is 2. The van der Waals surface area contributed by atoms with Gasteiger partial charge in [-0.1, -0.05) is 36.8 Å². The Balaban J connectivity index is 1.47. The van der Waals surface area contributed by atoms with E-state index < -0.39 is 5.41 Å². The van der Waals surface area contributed by atoms with Crippen molar-refractivity contribution in [3.63, 3.8) is 0 Å². The highest BCUT2D eigenvalue weighted by molar-refractivity contribution is 7.14. The summed E-state index contributed by atoms with van der Waals surface area (Å²) in [6, 6.07) is 15.3. The molecule has 154 valence electrons. The minimum absolute atomic E-state index is 0.0266. The number of nitrogens with zero attached hydrogens (tertiary/aromatic N) is 2. The summed E-state index contributed by atoms with van der Waals surface area (Å²) in [5, 5.41) is 2.31. The summed E-state index contributed by atoms with van der Waals surface area (Å²) in [4.78, 5) is 31.0. The Morgan fingerprint density at radius 1 is 1.13 bits per heavy atom. The molecule has 1 aliphatic rings. The summed E-state index contributed by atoms with van der Waals surface area (Å²) >= 11 is 1.32. The third kappa shape index (κ3) is 3.85. The third-order valence-electron chi connectivity index (χ3n) is 5.41. The quantitative estimate of drug-likeness (QED) is 0.515. The predicted molar refractivity (Wildman–Crippen MR) is 113 cm³/mol. The number of carbonyl (C=O) groups is 2. The second-order valence-corrected chi connectivity index (χ2v) is 8.17. The van der Waals surface area contributed by atoms with Crippen LogP contribution in [0, 0.1) is 5.82 Å². The fourth-order valence-electron chi connectivity index (χ4n) is 3.66. The van der Waals surface area contributed by atoms with E-state index in [1.54, 1.807) is 17.5 Å². The lowest BCUT2D eigenvalue weighted by molar-refractivity contribution is -0.156. The predicted octanol–water partition coefficient (Wildman–Crippen LogP) is 5.13. The van der Waals surface area contributed by atoms with E-state index in [0.717, 1.165) is 17.7 Å². The minimum atomic E-state index is -0.706. The molecule has 3 aromatic rings. The third-order valence-corrected chi connectivity index (χ3v) is 6.28. The van der Waals surface area contributed by atoms with Crippen molar-refractivity contribution in [2.24, 2.45) is 0 Å². The zero-order valence-electron chi connectivity index (χ0n) is 16.5. The maximum Gasteiger partial charge on any atom is 0.316 e. The first-order valence-electron chi connectivity index (χ1n) is 9.73. The van der Waals surface area contributed by atoms with Gasteiger partial charge in [-0.2, -0.15) is 0 Å². The van der Waals surface area contributed by atoms with Gasteiger partial charge in [-0.05, 0) is 42.7 Å². The zero-order chi connectivity index (χ0) is 21.1. The van der Waals surface area contributed by atoms with E-state index in [4.69, 9.17) is 4.74 Å². The van der Waals surface area contributed by atoms with Gasteiger partial charge in [0.2, 0.25) is 5.91 Å². The lowest BCUT2D eigenvalue weighted by Gasteiger charge is -2.39. The van der Waals surface area contributed by atoms with E-state index in [1.165, 1.54) is 35.3 Å². The second kappa shape index (κ2) is 8.36. The van der Waals surface area contributed by atoms with E-state index in [0.29, 0.717) is 23.7 Å². The van der Waals surface area contributed by atoms with Gasteiger partial charge in [0.05, 0.1) is 16.8 Å². The molecule has 0 bridgehead atoms. The molecule has 5 nitrogen and oxygen atoms in total. The molecular formula is C23H21FN2O3S. The number of ether oxygens (including phenoxy) is 1. The smallest absolute Gasteiger partial charge is 0.316 e. The van der Waals surface area contributed by atoms with Crippen molar-refractivity contribution in [3.8, 4) is 0 Å². The molecule has 30 heavy (non-hydrogen) atoms. The van der Waals surface area contributed by atoms with Crippen LogP contribution in [0.4, 0.5) is 15.2 Å². The van der Waals surface area contributed by atoms with Crippen LogP contribution < -0.4 is 4.90 Å². The molecule has 0 atom stereocenters. The SMILES string of the molecule is CC(=O)N(c1ccccc1)c1nc(COC(=O)C2(c3ccc(F)cc3)CCC2)cs1. The molecule has 1 saturated carbocycles. The topological polar surface area (TPSA) is 59.5 Å². The number of halogens is 1. The molecule has 2 aromatic carbocycles. The monoisotopic (exact) mass is 424 g/mol. The molecule has 0 N–H and O–H groups in total. The summed E-state index contributed by atoms with van der Waals surface area (Å²) in [7, 11) is 0. The molecule has 7 heteroatoms. The van der Waals surface area contributed by atoms with E-state index in [2.05, 4.69) is 4.98 Å². The fraction of sp³-hybridized carbons (Fsp3) is 0.261. The van der Waals surface area contributed by atoms with Crippen molar-refractivity contribution < 1.29 is 18.7 Å². The first kappa shape index (κ1) is 20.2. The van der Waals surface area contributed by atoms with Crippen molar-refractivity contribution >= 4 is 34.0 Å². The molecule has 1 fully saturated rings. The Labute approximate surface area is 178 Å². The molecule has 1 aromatic heterocycles. The van der Waals surface area contributed by atoms with Gasteiger partial charge in [-0.3, -0.25) is 14.5 Å². The molecule has 4 rings (SSSR count). The minimum Gasteiger partial charge on any atom is -0.458 e. The molecule has 1 amide bonds. The number of hydrogen-bond acceptors (Lipinski definition) is 5. The Hall–Kier alpha value is -3.06. The average molecular weight is 424 g/mol. The number of para-hydroxylation sites is 1. The molecule has 0 spiro atoms. The number of rotatable bonds is 6. The van der Waals surface area contributed by atoms with E-state index in [9.17, 15) is 14.0 Å². The van der Waals surface area contributed by atoms with Gasteiger partial charge in [0.1, 0.15) is 12.4 Å². The van der Waals surface area contributed by atoms with E-state index in [-0.39, 0.29) is 24.3 Å². The maximum atomic E-state index is 13.3. The van der Waals surface area contributed by atoms with Crippen molar-refractivity contribution in [1.82, 2.24) is 4.98 Å². The van der Waals surface area contributed by atoms with E-state index in [1.807, 2.05) is 30.3 Å². The van der Waals surface area contributed by atoms with Crippen LogP contribution in [0.1, 0.15) is 37.4 Å². The Bertz CT molecular complexity index is 1050.